The summed E-state index contributed by atoms with van der Waals surface area (Å²) >= 11 is 0. The van der Waals surface area contributed by atoms with Crippen LogP contribution < -0.4 is 0 Å². The largest absolute Gasteiger partial charge is 0.516 e. The highest BCUT2D eigenvalue weighted by Gasteiger charge is 2.43. The van der Waals surface area contributed by atoms with Crippen molar-refractivity contribution in [2.45, 2.75) is 25.4 Å². The monoisotopic (exact) mass is 278 g/mol. The van der Waals surface area contributed by atoms with Gasteiger partial charge in [0.15, 0.2) is 5.60 Å². The summed E-state index contributed by atoms with van der Waals surface area (Å²) in [5.41, 5.74) is -2.61. The fraction of sp³-hybridized carbons (Fsp3) is 0.600. The molecule has 1 atom stereocenters. The first-order valence-electron chi connectivity index (χ1n) is 5.15. The summed E-state index contributed by atoms with van der Waals surface area (Å²) in [6, 6.07) is 0. The Kier molecular flexibility index (Phi) is 6.48. The summed E-state index contributed by atoms with van der Waals surface area (Å²) in [5, 5.41) is 18.3. The van der Waals surface area contributed by atoms with E-state index in [4.69, 9.17) is 5.11 Å². The van der Waals surface area contributed by atoms with E-state index >= 15 is 0 Å². The Balaban J connectivity index is 4.73. The quantitative estimate of drug-likeness (QED) is 0.484. The maximum Gasteiger partial charge on any atom is 0.516 e. The average Bonchev–Trinajstić information content (AvgIpc) is 2.26. The van der Waals surface area contributed by atoms with Crippen molar-refractivity contribution >= 4 is 24.1 Å². The van der Waals surface area contributed by atoms with Gasteiger partial charge >= 0.3 is 24.1 Å². The van der Waals surface area contributed by atoms with E-state index in [0.29, 0.717) is 0 Å². The molecule has 0 rings (SSSR count). The Hall–Kier alpha value is -2.16. The van der Waals surface area contributed by atoms with E-state index in [-0.39, 0.29) is 6.61 Å². The molecule has 2 N–H and O–H groups in total. The van der Waals surface area contributed by atoms with Crippen molar-refractivity contribution in [3.8, 4) is 0 Å². The molecule has 0 saturated carbocycles. The molecule has 0 aliphatic rings. The van der Waals surface area contributed by atoms with Crippen molar-refractivity contribution < 1.29 is 43.6 Å². The van der Waals surface area contributed by atoms with E-state index in [1.54, 1.807) is 0 Å². The van der Waals surface area contributed by atoms with Crippen molar-refractivity contribution in [1.29, 1.82) is 0 Å². The number of aliphatic carboxylic acids is 1. The number of rotatable bonds is 6. The summed E-state index contributed by atoms with van der Waals surface area (Å²) in [4.78, 5) is 43.9. The first kappa shape index (κ1) is 16.8. The predicted molar refractivity (Wildman–Crippen MR) is 56.9 cm³/mol. The van der Waals surface area contributed by atoms with Gasteiger partial charge in [-0.2, -0.15) is 0 Å². The van der Waals surface area contributed by atoms with Crippen LogP contribution in [0.1, 0.15) is 19.8 Å². The van der Waals surface area contributed by atoms with Crippen LogP contribution in [0.3, 0.4) is 0 Å². The number of carboxylic acids is 1. The molecule has 0 heterocycles. The molecule has 0 aliphatic carbocycles. The van der Waals surface area contributed by atoms with E-state index < -0.39 is 42.5 Å². The van der Waals surface area contributed by atoms with Gasteiger partial charge in [0.25, 0.3) is 0 Å². The molecule has 9 heteroatoms. The number of carbonyl (C=O) groups is 4. The fourth-order valence-electron chi connectivity index (χ4n) is 1.16. The van der Waals surface area contributed by atoms with Crippen LogP contribution in [-0.4, -0.2) is 53.6 Å². The molecule has 19 heavy (non-hydrogen) atoms. The highest BCUT2D eigenvalue weighted by atomic mass is 16.7. The number of aliphatic hydroxyl groups is 1. The Morgan fingerprint density at radius 1 is 1.16 bits per heavy atom. The second kappa shape index (κ2) is 7.31. The van der Waals surface area contributed by atoms with Crippen molar-refractivity contribution in [3.05, 3.63) is 0 Å². The van der Waals surface area contributed by atoms with Crippen LogP contribution in [-0.2, 0) is 28.6 Å². The lowest BCUT2D eigenvalue weighted by molar-refractivity contribution is -0.173. The van der Waals surface area contributed by atoms with Gasteiger partial charge in [0, 0.05) is 0 Å². The van der Waals surface area contributed by atoms with E-state index in [0.717, 1.165) is 7.11 Å². The molecule has 0 radical (unpaired) electrons. The van der Waals surface area contributed by atoms with Crippen LogP contribution in [0.2, 0.25) is 0 Å². The topological polar surface area (TPSA) is 136 Å². The lowest BCUT2D eigenvalue weighted by Crippen LogP contribution is -2.44. The lowest BCUT2D eigenvalue weighted by atomic mass is 9.96. The summed E-state index contributed by atoms with van der Waals surface area (Å²) in [6.45, 7) is 1.43. The molecule has 0 aromatic rings. The van der Waals surface area contributed by atoms with Gasteiger partial charge in [0.1, 0.15) is 0 Å². The van der Waals surface area contributed by atoms with E-state index in [2.05, 4.69) is 14.2 Å². The Morgan fingerprint density at radius 2 is 1.74 bits per heavy atom. The Bertz CT molecular complexity index is 375. The molecular weight excluding hydrogens is 264 g/mol. The number of carboxylic acid groups (broad SMARTS) is 1. The third kappa shape index (κ3) is 5.82. The van der Waals surface area contributed by atoms with Crippen LogP contribution in [0.25, 0.3) is 0 Å². The molecule has 108 valence electrons. The van der Waals surface area contributed by atoms with Crippen LogP contribution >= 0.6 is 0 Å². The van der Waals surface area contributed by atoms with E-state index in [9.17, 15) is 24.3 Å². The van der Waals surface area contributed by atoms with Gasteiger partial charge in [-0.1, -0.05) is 0 Å². The third-order valence-corrected chi connectivity index (χ3v) is 1.91. The number of carbonyl (C=O) groups excluding carboxylic acids is 3. The fourth-order valence-corrected chi connectivity index (χ4v) is 1.16. The zero-order chi connectivity index (χ0) is 15.1. The number of ether oxygens (including phenoxy) is 3. The van der Waals surface area contributed by atoms with Gasteiger partial charge in [0.2, 0.25) is 0 Å². The van der Waals surface area contributed by atoms with Crippen molar-refractivity contribution in [2.75, 3.05) is 13.7 Å². The molecule has 0 aromatic carbocycles. The number of hydrogen-bond acceptors (Lipinski definition) is 8. The maximum absolute atomic E-state index is 11.3. The number of methoxy groups -OCH3 is 1. The molecule has 1 unspecified atom stereocenters. The van der Waals surface area contributed by atoms with Crippen molar-refractivity contribution in [2.24, 2.45) is 0 Å². The maximum atomic E-state index is 11.3. The molecule has 0 aromatic heterocycles. The molecule has 9 nitrogen and oxygen atoms in total. The Morgan fingerprint density at radius 3 is 2.16 bits per heavy atom. The minimum absolute atomic E-state index is 0.0392. The minimum Gasteiger partial charge on any atom is -0.481 e. The lowest BCUT2D eigenvalue weighted by Gasteiger charge is -2.21. The zero-order valence-electron chi connectivity index (χ0n) is 10.4. The van der Waals surface area contributed by atoms with E-state index in [1.807, 2.05) is 0 Å². The van der Waals surface area contributed by atoms with Crippen LogP contribution in [0.15, 0.2) is 0 Å². The number of hydrogen-bond donors (Lipinski definition) is 2. The zero-order valence-corrected chi connectivity index (χ0v) is 10.4. The summed E-state index contributed by atoms with van der Waals surface area (Å²) in [5.74, 6) is -4.17. The summed E-state index contributed by atoms with van der Waals surface area (Å²) in [6.07, 6.45) is -3.43. The Labute approximate surface area is 108 Å². The van der Waals surface area contributed by atoms with E-state index in [1.165, 1.54) is 6.92 Å². The van der Waals surface area contributed by atoms with Crippen LogP contribution in [0.4, 0.5) is 4.79 Å². The first-order valence-corrected chi connectivity index (χ1v) is 5.15. The molecular formula is C10H14O9. The van der Waals surface area contributed by atoms with Gasteiger partial charge in [-0.3, -0.25) is 9.59 Å². The average molecular weight is 278 g/mol. The highest BCUT2D eigenvalue weighted by Crippen LogP contribution is 2.18. The van der Waals surface area contributed by atoms with Gasteiger partial charge in [-0.05, 0) is 6.92 Å². The normalized spacial score (nSPS) is 13.0. The molecule has 0 fully saturated rings. The summed E-state index contributed by atoms with van der Waals surface area (Å²) in [7, 11) is 0.909. The van der Waals surface area contributed by atoms with Crippen LogP contribution in [0, 0.1) is 0 Å². The SMILES string of the molecule is CCOC(=O)OC(=O)CC(O)(CC(=O)O)C(=O)OC. The van der Waals surface area contributed by atoms with Crippen molar-refractivity contribution in [3.63, 3.8) is 0 Å². The summed E-state index contributed by atoms with van der Waals surface area (Å²) < 4.78 is 12.6. The standard InChI is InChI=1S/C10H14O9/c1-3-18-9(15)19-7(13)5-10(16,4-6(11)12)8(14)17-2/h16H,3-5H2,1-2H3,(H,11,12). The molecule has 0 saturated heterocycles. The molecule has 0 amide bonds. The van der Waals surface area contributed by atoms with Gasteiger partial charge < -0.3 is 24.4 Å². The second-order valence-corrected chi connectivity index (χ2v) is 3.43. The van der Waals surface area contributed by atoms with Crippen molar-refractivity contribution in [1.82, 2.24) is 0 Å². The highest BCUT2D eigenvalue weighted by molar-refractivity contribution is 5.91. The van der Waals surface area contributed by atoms with Gasteiger partial charge in [-0.15, -0.1) is 0 Å². The molecule has 0 aliphatic heterocycles. The smallest absolute Gasteiger partial charge is 0.481 e. The minimum atomic E-state index is -2.61. The van der Waals surface area contributed by atoms with Crippen LogP contribution in [0.5, 0.6) is 0 Å². The predicted octanol–water partition coefficient (Wildman–Crippen LogP) is -0.545. The first-order chi connectivity index (χ1) is 8.75. The van der Waals surface area contributed by atoms with Gasteiger partial charge in [-0.25, -0.2) is 9.59 Å². The number of esters is 2. The van der Waals surface area contributed by atoms with Gasteiger partial charge in [0.05, 0.1) is 26.6 Å². The second-order valence-electron chi connectivity index (χ2n) is 3.43. The third-order valence-electron chi connectivity index (χ3n) is 1.91. The molecule has 0 spiro atoms. The molecule has 0 bridgehead atoms.